The maximum Gasteiger partial charge on any atom is 0.255 e. The van der Waals surface area contributed by atoms with E-state index in [0.717, 1.165) is 29.1 Å². The molecule has 14 heavy (non-hydrogen) atoms. The van der Waals surface area contributed by atoms with Crippen molar-refractivity contribution in [2.75, 3.05) is 18.8 Å². The van der Waals surface area contributed by atoms with Crippen LogP contribution in [0.5, 0.6) is 0 Å². The Morgan fingerprint density at radius 2 is 2.50 bits per heavy atom. The lowest BCUT2D eigenvalue weighted by Crippen LogP contribution is -2.19. The minimum Gasteiger partial charge on any atom is -0.440 e. The zero-order valence-electron chi connectivity index (χ0n) is 8.45. The fourth-order valence-corrected chi connectivity index (χ4v) is 1.98. The highest BCUT2D eigenvalue weighted by molar-refractivity contribution is 7.99. The highest BCUT2D eigenvalue weighted by atomic mass is 32.2. The molecule has 0 aliphatic heterocycles. The van der Waals surface area contributed by atoms with Crippen molar-refractivity contribution in [3.05, 3.63) is 12.0 Å². The molecule has 1 N–H and O–H groups in total. The van der Waals surface area contributed by atoms with Crippen molar-refractivity contribution < 1.29 is 4.42 Å². The number of rotatable bonds is 6. The molecule has 0 atom stereocenters. The first-order valence-corrected chi connectivity index (χ1v) is 6.09. The second kappa shape index (κ2) is 4.84. The highest BCUT2D eigenvalue weighted by Crippen LogP contribution is 2.27. The average Bonchev–Trinajstić information content (AvgIpc) is 2.89. The van der Waals surface area contributed by atoms with Gasteiger partial charge in [0.05, 0.1) is 5.69 Å². The Balaban J connectivity index is 1.53. The zero-order chi connectivity index (χ0) is 9.80. The van der Waals surface area contributed by atoms with Crippen molar-refractivity contribution in [3.63, 3.8) is 0 Å². The Morgan fingerprint density at radius 3 is 3.14 bits per heavy atom. The van der Waals surface area contributed by atoms with Gasteiger partial charge in [-0.1, -0.05) is 11.8 Å². The number of aryl methyl sites for hydroxylation is 1. The van der Waals surface area contributed by atoms with E-state index in [0.29, 0.717) is 0 Å². The van der Waals surface area contributed by atoms with E-state index in [1.54, 1.807) is 18.0 Å². The summed E-state index contributed by atoms with van der Waals surface area (Å²) in [5, 5.41) is 4.22. The summed E-state index contributed by atoms with van der Waals surface area (Å²) in [6, 6.07) is 0. The predicted molar refractivity (Wildman–Crippen MR) is 57.6 cm³/mol. The lowest BCUT2D eigenvalue weighted by atomic mass is 10.4. The van der Waals surface area contributed by atoms with Crippen molar-refractivity contribution in [3.8, 4) is 0 Å². The van der Waals surface area contributed by atoms with Crippen molar-refractivity contribution >= 4 is 11.8 Å². The van der Waals surface area contributed by atoms with E-state index < -0.39 is 0 Å². The topological polar surface area (TPSA) is 38.1 Å². The molecule has 3 nitrogen and oxygen atoms in total. The van der Waals surface area contributed by atoms with Gasteiger partial charge >= 0.3 is 0 Å². The number of oxazole rings is 1. The van der Waals surface area contributed by atoms with E-state index >= 15 is 0 Å². The molecule has 0 aromatic carbocycles. The minimum absolute atomic E-state index is 0.788. The third-order valence-corrected chi connectivity index (χ3v) is 3.07. The van der Waals surface area contributed by atoms with Crippen molar-refractivity contribution in [2.24, 2.45) is 5.92 Å². The van der Waals surface area contributed by atoms with Crippen molar-refractivity contribution in [2.45, 2.75) is 25.0 Å². The molecule has 1 aromatic heterocycles. The van der Waals surface area contributed by atoms with Crippen LogP contribution in [0.1, 0.15) is 18.5 Å². The number of nitrogens with one attached hydrogen (secondary N) is 1. The smallest absolute Gasteiger partial charge is 0.255 e. The number of hydrogen-bond donors (Lipinski definition) is 1. The summed E-state index contributed by atoms with van der Waals surface area (Å²) in [6.07, 6.45) is 4.53. The molecule has 1 aliphatic rings. The number of thioether (sulfide) groups is 1. The summed E-state index contributed by atoms with van der Waals surface area (Å²) >= 11 is 1.67. The van der Waals surface area contributed by atoms with E-state index in [-0.39, 0.29) is 0 Å². The highest BCUT2D eigenvalue weighted by Gasteiger charge is 2.19. The molecule has 0 radical (unpaired) electrons. The molecule has 0 unspecified atom stereocenters. The predicted octanol–water partition coefficient (Wildman–Crippen LogP) is 2.07. The third kappa shape index (κ3) is 3.35. The summed E-state index contributed by atoms with van der Waals surface area (Å²) in [5.41, 5.74) is 0.957. The molecule has 0 amide bonds. The molecule has 1 aliphatic carbocycles. The van der Waals surface area contributed by atoms with E-state index in [2.05, 4.69) is 10.3 Å². The van der Waals surface area contributed by atoms with E-state index in [1.807, 2.05) is 6.92 Å². The van der Waals surface area contributed by atoms with Gasteiger partial charge in [0.1, 0.15) is 6.26 Å². The Hall–Kier alpha value is -0.480. The number of aromatic nitrogens is 1. The minimum atomic E-state index is 0.788. The summed E-state index contributed by atoms with van der Waals surface area (Å²) in [6.45, 7) is 4.17. The van der Waals surface area contributed by atoms with Crippen LogP contribution in [0.2, 0.25) is 0 Å². The third-order valence-electron chi connectivity index (χ3n) is 2.23. The summed E-state index contributed by atoms with van der Waals surface area (Å²) in [7, 11) is 0. The molecule has 1 heterocycles. The van der Waals surface area contributed by atoms with Gasteiger partial charge in [-0.2, -0.15) is 0 Å². The van der Waals surface area contributed by atoms with Crippen molar-refractivity contribution in [1.29, 1.82) is 0 Å². The van der Waals surface area contributed by atoms with Crippen LogP contribution in [0.15, 0.2) is 15.9 Å². The average molecular weight is 212 g/mol. The zero-order valence-corrected chi connectivity index (χ0v) is 9.27. The lowest BCUT2D eigenvalue weighted by Gasteiger charge is -2.00. The van der Waals surface area contributed by atoms with Crippen LogP contribution in [-0.4, -0.2) is 23.8 Å². The lowest BCUT2D eigenvalue weighted by molar-refractivity contribution is 0.454. The van der Waals surface area contributed by atoms with Crippen LogP contribution in [-0.2, 0) is 0 Å². The molecule has 1 fully saturated rings. The molecule has 1 saturated carbocycles. The Labute approximate surface area is 88.7 Å². The van der Waals surface area contributed by atoms with Gasteiger partial charge < -0.3 is 9.73 Å². The van der Waals surface area contributed by atoms with Gasteiger partial charge in [0, 0.05) is 12.3 Å². The normalized spacial score (nSPS) is 16.1. The number of nitrogens with zero attached hydrogens (tertiary/aromatic N) is 1. The standard InChI is InChI=1S/C10H16N2OS/c1-8-7-13-10(12-8)14-5-4-11-6-9-2-3-9/h7,9,11H,2-6H2,1H3. The quantitative estimate of drug-likeness (QED) is 0.578. The van der Waals surface area contributed by atoms with E-state index in [4.69, 9.17) is 4.42 Å². The Morgan fingerprint density at radius 1 is 1.64 bits per heavy atom. The number of hydrogen-bond acceptors (Lipinski definition) is 4. The van der Waals surface area contributed by atoms with Crippen LogP contribution < -0.4 is 5.32 Å². The van der Waals surface area contributed by atoms with Gasteiger partial charge in [0.15, 0.2) is 0 Å². The molecule has 0 spiro atoms. The van der Waals surface area contributed by atoms with Gasteiger partial charge in [-0.25, -0.2) is 4.98 Å². The first kappa shape index (κ1) is 10.1. The van der Waals surface area contributed by atoms with Gasteiger partial charge in [-0.05, 0) is 32.2 Å². The van der Waals surface area contributed by atoms with Crippen LogP contribution in [0.4, 0.5) is 0 Å². The van der Waals surface area contributed by atoms with Gasteiger partial charge in [0.2, 0.25) is 0 Å². The largest absolute Gasteiger partial charge is 0.440 e. The monoisotopic (exact) mass is 212 g/mol. The second-order valence-corrected chi connectivity index (χ2v) is 4.80. The van der Waals surface area contributed by atoms with Crippen LogP contribution in [0, 0.1) is 12.8 Å². The SMILES string of the molecule is Cc1coc(SCCNCC2CC2)n1. The second-order valence-electron chi connectivity index (χ2n) is 3.75. The first-order valence-electron chi connectivity index (χ1n) is 5.10. The van der Waals surface area contributed by atoms with E-state index in [9.17, 15) is 0 Å². The van der Waals surface area contributed by atoms with Crippen LogP contribution in [0.25, 0.3) is 0 Å². The van der Waals surface area contributed by atoms with Crippen molar-refractivity contribution in [1.82, 2.24) is 10.3 Å². The Bertz CT molecular complexity index is 283. The maximum absolute atomic E-state index is 5.23. The molecule has 78 valence electrons. The van der Waals surface area contributed by atoms with Gasteiger partial charge in [-0.15, -0.1) is 0 Å². The van der Waals surface area contributed by atoms with Gasteiger partial charge in [-0.3, -0.25) is 0 Å². The summed E-state index contributed by atoms with van der Waals surface area (Å²) in [4.78, 5) is 4.22. The first-order chi connectivity index (χ1) is 6.84. The fraction of sp³-hybridized carbons (Fsp3) is 0.700. The molecule has 0 saturated heterocycles. The maximum atomic E-state index is 5.23. The Kier molecular flexibility index (Phi) is 3.48. The van der Waals surface area contributed by atoms with Gasteiger partial charge in [0.25, 0.3) is 5.22 Å². The fourth-order valence-electron chi connectivity index (χ4n) is 1.24. The molecular formula is C10H16N2OS. The molecule has 0 bridgehead atoms. The van der Waals surface area contributed by atoms with Crippen LogP contribution in [0.3, 0.4) is 0 Å². The molecule has 1 aromatic rings. The molecule has 2 rings (SSSR count). The molecule has 4 heteroatoms. The van der Waals surface area contributed by atoms with E-state index in [1.165, 1.54) is 19.4 Å². The molecular weight excluding hydrogens is 196 g/mol. The summed E-state index contributed by atoms with van der Waals surface area (Å²) < 4.78 is 5.23. The van der Waals surface area contributed by atoms with Crippen LogP contribution >= 0.6 is 11.8 Å². The summed E-state index contributed by atoms with van der Waals surface area (Å²) in [5.74, 6) is 2.00.